The summed E-state index contributed by atoms with van der Waals surface area (Å²) >= 11 is 0. The molecule has 0 bridgehead atoms. The van der Waals surface area contributed by atoms with Gasteiger partial charge in [-0.25, -0.2) is 0 Å². The fraction of sp³-hybridized carbons (Fsp3) is 0.933. The van der Waals surface area contributed by atoms with Crippen LogP contribution in [0, 0.1) is 0 Å². The molecule has 0 aromatic carbocycles. The van der Waals surface area contributed by atoms with E-state index in [-0.39, 0.29) is 6.10 Å². The molecule has 1 heterocycles. The van der Waals surface area contributed by atoms with E-state index in [2.05, 4.69) is 4.90 Å². The van der Waals surface area contributed by atoms with Crippen LogP contribution in [0.3, 0.4) is 0 Å². The first-order valence-electron chi connectivity index (χ1n) is 7.77. The van der Waals surface area contributed by atoms with Crippen LogP contribution in [0.15, 0.2) is 0 Å². The summed E-state index contributed by atoms with van der Waals surface area (Å²) in [5, 5.41) is 17.3. The summed E-state index contributed by atoms with van der Waals surface area (Å²) in [5.74, 6) is -0.711. The van der Waals surface area contributed by atoms with E-state index in [1.54, 1.807) is 0 Å². The third-order valence-electron chi connectivity index (χ3n) is 4.04. The summed E-state index contributed by atoms with van der Waals surface area (Å²) < 4.78 is 0. The minimum atomic E-state index is -0.711. The Bertz CT molecular complexity index is 244. The molecule has 1 saturated carbocycles. The highest BCUT2D eigenvalue weighted by Crippen LogP contribution is 2.25. The number of carbonyl (C=O) groups is 1. The second-order valence-corrected chi connectivity index (χ2v) is 5.70. The van der Waals surface area contributed by atoms with Crippen molar-refractivity contribution in [3.05, 3.63) is 0 Å². The van der Waals surface area contributed by atoms with Gasteiger partial charge in [0.2, 0.25) is 0 Å². The van der Waals surface area contributed by atoms with Crippen LogP contribution in [0.2, 0.25) is 0 Å². The van der Waals surface area contributed by atoms with Gasteiger partial charge in [0.05, 0.1) is 6.10 Å². The molecule has 0 aromatic rings. The lowest BCUT2D eigenvalue weighted by atomic mass is 9.91. The Hall–Kier alpha value is -0.610. The van der Waals surface area contributed by atoms with Gasteiger partial charge in [-0.2, -0.15) is 0 Å². The van der Waals surface area contributed by atoms with Crippen molar-refractivity contribution in [1.82, 2.24) is 4.90 Å². The zero-order valence-corrected chi connectivity index (χ0v) is 12.2. The minimum absolute atomic E-state index is 0.000963. The van der Waals surface area contributed by atoms with E-state index in [9.17, 15) is 9.90 Å². The number of aliphatic carboxylic acids is 1. The largest absolute Gasteiger partial charge is 0.481 e. The Labute approximate surface area is 116 Å². The van der Waals surface area contributed by atoms with Crippen molar-refractivity contribution in [2.75, 3.05) is 13.1 Å². The topological polar surface area (TPSA) is 60.8 Å². The van der Waals surface area contributed by atoms with Crippen LogP contribution in [-0.2, 0) is 4.79 Å². The minimum Gasteiger partial charge on any atom is -0.481 e. The van der Waals surface area contributed by atoms with Crippen molar-refractivity contribution in [1.29, 1.82) is 0 Å². The average molecular weight is 271 g/mol. The summed E-state index contributed by atoms with van der Waals surface area (Å²) in [6, 6.07) is 0.795. The van der Waals surface area contributed by atoms with Crippen LogP contribution < -0.4 is 0 Å². The Morgan fingerprint density at radius 3 is 2.11 bits per heavy atom. The molecule has 0 atom stereocenters. The zero-order valence-electron chi connectivity index (χ0n) is 12.2. The summed E-state index contributed by atoms with van der Waals surface area (Å²) in [4.78, 5) is 12.2. The number of likely N-dealkylation sites (tertiary alicyclic amines) is 1. The third kappa shape index (κ3) is 6.92. The van der Waals surface area contributed by atoms with Crippen LogP contribution in [0.5, 0.6) is 0 Å². The van der Waals surface area contributed by atoms with Crippen molar-refractivity contribution in [3.8, 4) is 0 Å². The second-order valence-electron chi connectivity index (χ2n) is 5.70. The first-order chi connectivity index (χ1) is 9.13. The van der Waals surface area contributed by atoms with E-state index < -0.39 is 5.97 Å². The van der Waals surface area contributed by atoms with Crippen molar-refractivity contribution < 1.29 is 15.0 Å². The maximum absolute atomic E-state index is 9.60. The molecule has 1 aliphatic heterocycles. The highest BCUT2D eigenvalue weighted by atomic mass is 16.4. The molecule has 1 aliphatic carbocycles. The quantitative estimate of drug-likeness (QED) is 0.828. The number of nitrogens with zero attached hydrogens (tertiary/aromatic N) is 1. The SMILES string of the molecule is CCCC(=O)O.OC1CCC(N2CCCCC2)CC1. The van der Waals surface area contributed by atoms with Gasteiger partial charge in [-0.05, 0) is 58.0 Å². The zero-order chi connectivity index (χ0) is 14.1. The number of carboxylic acid groups (broad SMARTS) is 1. The van der Waals surface area contributed by atoms with Gasteiger partial charge in [0, 0.05) is 12.5 Å². The first kappa shape index (κ1) is 16.4. The molecule has 4 heteroatoms. The van der Waals surface area contributed by atoms with Gasteiger partial charge in [-0.15, -0.1) is 0 Å². The lowest BCUT2D eigenvalue weighted by Gasteiger charge is -2.37. The summed E-state index contributed by atoms with van der Waals surface area (Å²) in [6.07, 6.45) is 9.73. The van der Waals surface area contributed by atoms with Gasteiger partial charge < -0.3 is 15.1 Å². The number of carboxylic acids is 1. The van der Waals surface area contributed by atoms with Gasteiger partial charge in [-0.1, -0.05) is 13.3 Å². The maximum atomic E-state index is 9.60. The standard InChI is InChI=1S/C11H21NO.C4H8O2/c13-11-6-4-10(5-7-11)12-8-2-1-3-9-12;1-2-3-4(5)6/h10-11,13H,1-9H2;2-3H2,1H3,(H,5,6). The molecule has 2 aliphatic rings. The molecule has 4 nitrogen and oxygen atoms in total. The molecule has 2 rings (SSSR count). The fourth-order valence-electron chi connectivity index (χ4n) is 2.92. The maximum Gasteiger partial charge on any atom is 0.303 e. The van der Waals surface area contributed by atoms with E-state index in [1.165, 1.54) is 45.2 Å². The summed E-state index contributed by atoms with van der Waals surface area (Å²) in [6.45, 7) is 4.45. The summed E-state index contributed by atoms with van der Waals surface area (Å²) in [5.41, 5.74) is 0. The molecule has 1 saturated heterocycles. The monoisotopic (exact) mass is 271 g/mol. The molecule has 0 spiro atoms. The molecule has 2 fully saturated rings. The number of hydrogen-bond donors (Lipinski definition) is 2. The molecule has 2 N–H and O–H groups in total. The highest BCUT2D eigenvalue weighted by Gasteiger charge is 2.25. The van der Waals surface area contributed by atoms with E-state index >= 15 is 0 Å². The van der Waals surface area contributed by atoms with Crippen LogP contribution in [0.25, 0.3) is 0 Å². The van der Waals surface area contributed by atoms with Crippen molar-refractivity contribution in [2.45, 2.75) is 76.9 Å². The smallest absolute Gasteiger partial charge is 0.303 e. The molecule has 0 radical (unpaired) electrons. The van der Waals surface area contributed by atoms with Gasteiger partial charge >= 0.3 is 5.97 Å². The van der Waals surface area contributed by atoms with Crippen LogP contribution in [0.4, 0.5) is 0 Å². The Kier molecular flexibility index (Phi) is 8.07. The number of aliphatic hydroxyl groups excluding tert-OH is 1. The first-order valence-corrected chi connectivity index (χ1v) is 7.77. The number of hydrogen-bond acceptors (Lipinski definition) is 3. The van der Waals surface area contributed by atoms with Gasteiger partial charge in [0.1, 0.15) is 0 Å². The van der Waals surface area contributed by atoms with Gasteiger partial charge in [0.15, 0.2) is 0 Å². The molecule has 0 unspecified atom stereocenters. The molecule has 0 amide bonds. The van der Waals surface area contributed by atoms with Crippen molar-refractivity contribution in [2.24, 2.45) is 0 Å². The Morgan fingerprint density at radius 2 is 1.68 bits per heavy atom. The van der Waals surface area contributed by atoms with Crippen LogP contribution >= 0.6 is 0 Å². The molecule has 0 aromatic heterocycles. The van der Waals surface area contributed by atoms with Crippen LogP contribution in [0.1, 0.15) is 64.7 Å². The summed E-state index contributed by atoms with van der Waals surface area (Å²) in [7, 11) is 0. The molecular formula is C15H29NO3. The predicted molar refractivity (Wildman–Crippen MR) is 76.2 cm³/mol. The van der Waals surface area contributed by atoms with Crippen LogP contribution in [-0.4, -0.2) is 46.3 Å². The molecular weight excluding hydrogens is 242 g/mol. The third-order valence-corrected chi connectivity index (χ3v) is 4.04. The fourth-order valence-corrected chi connectivity index (χ4v) is 2.92. The average Bonchev–Trinajstić information content (AvgIpc) is 2.41. The molecule has 112 valence electrons. The van der Waals surface area contributed by atoms with E-state index in [1.807, 2.05) is 6.92 Å². The Morgan fingerprint density at radius 1 is 1.11 bits per heavy atom. The number of piperidine rings is 1. The van der Waals surface area contributed by atoms with E-state index in [0.717, 1.165) is 25.3 Å². The lowest BCUT2D eigenvalue weighted by molar-refractivity contribution is -0.137. The number of rotatable bonds is 3. The Balaban J connectivity index is 0.000000258. The van der Waals surface area contributed by atoms with E-state index in [4.69, 9.17) is 5.11 Å². The molecule has 19 heavy (non-hydrogen) atoms. The van der Waals surface area contributed by atoms with Gasteiger partial charge in [0.25, 0.3) is 0 Å². The number of aliphatic hydroxyl groups is 1. The van der Waals surface area contributed by atoms with Crippen molar-refractivity contribution in [3.63, 3.8) is 0 Å². The second kappa shape index (κ2) is 9.32. The van der Waals surface area contributed by atoms with Gasteiger partial charge in [-0.3, -0.25) is 4.79 Å². The normalized spacial score (nSPS) is 28.3. The van der Waals surface area contributed by atoms with E-state index in [0.29, 0.717) is 6.42 Å². The highest BCUT2D eigenvalue weighted by molar-refractivity contribution is 5.66. The lowest BCUT2D eigenvalue weighted by Crippen LogP contribution is -2.41. The predicted octanol–water partition coefficient (Wildman–Crippen LogP) is 2.65. The van der Waals surface area contributed by atoms with Crippen molar-refractivity contribution >= 4 is 5.97 Å².